The van der Waals surface area contributed by atoms with E-state index in [2.05, 4.69) is 0 Å². The summed E-state index contributed by atoms with van der Waals surface area (Å²) in [6.45, 7) is 3.77. The third-order valence-corrected chi connectivity index (χ3v) is 4.66. The summed E-state index contributed by atoms with van der Waals surface area (Å²) in [5.74, 6) is -1.39. The Morgan fingerprint density at radius 1 is 1.36 bits per heavy atom. The van der Waals surface area contributed by atoms with Crippen LogP contribution in [0.2, 0.25) is 0 Å². The molecule has 0 aromatic heterocycles. The monoisotopic (exact) mass is 306 g/mol. The molecule has 3 atom stereocenters. The van der Waals surface area contributed by atoms with Crippen molar-refractivity contribution in [3.63, 3.8) is 0 Å². The Labute approximate surface area is 128 Å². The lowest BCUT2D eigenvalue weighted by atomic mass is 9.79. The molecule has 1 aromatic rings. The fraction of sp³-hybridized carbons (Fsp3) is 0.529. The molecule has 0 spiro atoms. The number of hydrogen-bond acceptors (Lipinski definition) is 4. The molecule has 4 nitrogen and oxygen atoms in total. The van der Waals surface area contributed by atoms with E-state index in [-0.39, 0.29) is 30.4 Å². The van der Waals surface area contributed by atoms with Gasteiger partial charge in [0.15, 0.2) is 5.41 Å². The van der Waals surface area contributed by atoms with E-state index in [1.54, 1.807) is 26.0 Å². The molecule has 1 aliphatic carbocycles. The molecule has 3 unspecified atom stereocenters. The highest BCUT2D eigenvalue weighted by Crippen LogP contribution is 2.55. The van der Waals surface area contributed by atoms with Gasteiger partial charge in [-0.15, -0.1) is 0 Å². The standard InChI is InChI=1S/C17H19FO4/c1-10(2)22-16(20)17-8-12(7-13(17)9-21-15(17)19)11-3-5-14(18)6-4-11/h3-6,10,12-13H,7-9H2,1-2H3. The van der Waals surface area contributed by atoms with Crippen molar-refractivity contribution in [2.24, 2.45) is 11.3 Å². The molecule has 1 saturated heterocycles. The number of esters is 2. The van der Waals surface area contributed by atoms with Crippen molar-refractivity contribution < 1.29 is 23.5 Å². The van der Waals surface area contributed by atoms with Crippen molar-refractivity contribution in [3.8, 4) is 0 Å². The zero-order valence-corrected chi connectivity index (χ0v) is 12.7. The van der Waals surface area contributed by atoms with Gasteiger partial charge >= 0.3 is 11.9 Å². The molecule has 2 aliphatic rings. The van der Waals surface area contributed by atoms with Crippen molar-refractivity contribution in [2.45, 2.75) is 38.7 Å². The lowest BCUT2D eigenvalue weighted by Crippen LogP contribution is -2.40. The van der Waals surface area contributed by atoms with E-state index in [0.717, 1.165) is 5.56 Å². The molecule has 118 valence electrons. The molecule has 5 heteroatoms. The van der Waals surface area contributed by atoms with Gasteiger partial charge in [0.05, 0.1) is 12.7 Å². The van der Waals surface area contributed by atoms with Crippen LogP contribution in [0.4, 0.5) is 4.39 Å². The maximum atomic E-state index is 13.1. The number of benzene rings is 1. The number of hydrogen-bond donors (Lipinski definition) is 0. The Hall–Kier alpha value is -1.91. The SMILES string of the molecule is CC(C)OC(=O)C12CC(c3ccc(F)cc3)CC1COC2=O. The highest BCUT2D eigenvalue weighted by atomic mass is 19.1. The molecule has 1 heterocycles. The summed E-state index contributed by atoms with van der Waals surface area (Å²) in [5.41, 5.74) is -0.246. The number of rotatable bonds is 3. The van der Waals surface area contributed by atoms with Gasteiger partial charge in [-0.25, -0.2) is 4.39 Å². The largest absolute Gasteiger partial charge is 0.464 e. The molecule has 0 radical (unpaired) electrons. The Balaban J connectivity index is 1.88. The third kappa shape index (κ3) is 2.28. The van der Waals surface area contributed by atoms with Crippen molar-refractivity contribution in [1.29, 1.82) is 0 Å². The van der Waals surface area contributed by atoms with Crippen LogP contribution in [0.25, 0.3) is 0 Å². The van der Waals surface area contributed by atoms with Crippen molar-refractivity contribution in [3.05, 3.63) is 35.6 Å². The summed E-state index contributed by atoms with van der Waals surface area (Å²) in [7, 11) is 0. The maximum absolute atomic E-state index is 13.1. The maximum Gasteiger partial charge on any atom is 0.324 e. The lowest BCUT2D eigenvalue weighted by molar-refractivity contribution is -0.168. The summed E-state index contributed by atoms with van der Waals surface area (Å²) >= 11 is 0. The minimum atomic E-state index is -1.19. The molecule has 1 aromatic carbocycles. The summed E-state index contributed by atoms with van der Waals surface area (Å²) < 4.78 is 23.5. The van der Waals surface area contributed by atoms with Crippen LogP contribution in [0.5, 0.6) is 0 Å². The predicted molar refractivity (Wildman–Crippen MR) is 76.5 cm³/mol. The number of carbonyl (C=O) groups is 2. The molecule has 3 rings (SSSR count). The van der Waals surface area contributed by atoms with Gasteiger partial charge in [-0.1, -0.05) is 12.1 Å². The van der Waals surface area contributed by atoms with Gasteiger partial charge in [0, 0.05) is 5.92 Å². The number of cyclic esters (lactones) is 1. The average Bonchev–Trinajstić information content (AvgIpc) is 2.98. The molecular weight excluding hydrogens is 287 g/mol. The fourth-order valence-corrected chi connectivity index (χ4v) is 3.59. The summed E-state index contributed by atoms with van der Waals surface area (Å²) in [5, 5.41) is 0. The minimum Gasteiger partial charge on any atom is -0.464 e. The van der Waals surface area contributed by atoms with Gasteiger partial charge in [0.2, 0.25) is 0 Å². The predicted octanol–water partition coefficient (Wildman–Crippen LogP) is 2.81. The molecule has 2 fully saturated rings. The zero-order chi connectivity index (χ0) is 15.9. The first-order chi connectivity index (χ1) is 10.4. The third-order valence-electron chi connectivity index (χ3n) is 4.66. The van der Waals surface area contributed by atoms with Gasteiger partial charge in [0.25, 0.3) is 0 Å². The van der Waals surface area contributed by atoms with E-state index >= 15 is 0 Å². The Morgan fingerprint density at radius 3 is 2.68 bits per heavy atom. The van der Waals surface area contributed by atoms with Gasteiger partial charge in [-0.05, 0) is 50.3 Å². The first-order valence-electron chi connectivity index (χ1n) is 7.57. The number of halogens is 1. The Morgan fingerprint density at radius 2 is 2.05 bits per heavy atom. The smallest absolute Gasteiger partial charge is 0.324 e. The van der Waals surface area contributed by atoms with E-state index in [4.69, 9.17) is 9.47 Å². The molecule has 0 bridgehead atoms. The summed E-state index contributed by atoms with van der Waals surface area (Å²) in [6, 6.07) is 6.24. The van der Waals surface area contributed by atoms with Gasteiger partial charge < -0.3 is 9.47 Å². The molecule has 22 heavy (non-hydrogen) atoms. The van der Waals surface area contributed by atoms with Crippen LogP contribution in [0, 0.1) is 17.2 Å². The second kappa shape index (κ2) is 5.38. The topological polar surface area (TPSA) is 52.6 Å². The second-order valence-corrected chi connectivity index (χ2v) is 6.41. The van der Waals surface area contributed by atoms with E-state index in [1.165, 1.54) is 12.1 Å². The molecular formula is C17H19FO4. The van der Waals surface area contributed by atoms with E-state index in [9.17, 15) is 14.0 Å². The van der Waals surface area contributed by atoms with Crippen LogP contribution < -0.4 is 0 Å². The number of ether oxygens (including phenoxy) is 2. The van der Waals surface area contributed by atoms with Crippen LogP contribution in [0.3, 0.4) is 0 Å². The van der Waals surface area contributed by atoms with E-state index in [1.807, 2.05) is 0 Å². The van der Waals surface area contributed by atoms with Crippen molar-refractivity contribution in [1.82, 2.24) is 0 Å². The second-order valence-electron chi connectivity index (χ2n) is 6.41. The molecule has 0 N–H and O–H groups in total. The van der Waals surface area contributed by atoms with E-state index in [0.29, 0.717) is 12.8 Å². The first-order valence-corrected chi connectivity index (χ1v) is 7.57. The molecule has 1 aliphatic heterocycles. The number of fused-ring (bicyclic) bond motifs is 1. The van der Waals surface area contributed by atoms with Crippen LogP contribution in [0.15, 0.2) is 24.3 Å². The molecule has 0 amide bonds. The van der Waals surface area contributed by atoms with Gasteiger partial charge in [0.1, 0.15) is 5.82 Å². The van der Waals surface area contributed by atoms with Crippen molar-refractivity contribution >= 4 is 11.9 Å². The number of carbonyl (C=O) groups excluding carboxylic acids is 2. The zero-order valence-electron chi connectivity index (χ0n) is 12.7. The highest BCUT2D eigenvalue weighted by molar-refractivity contribution is 6.02. The summed E-state index contributed by atoms with van der Waals surface area (Å²) in [4.78, 5) is 24.8. The Bertz CT molecular complexity index is 595. The molecule has 1 saturated carbocycles. The van der Waals surface area contributed by atoms with Gasteiger partial charge in [-0.2, -0.15) is 0 Å². The summed E-state index contributed by atoms with van der Waals surface area (Å²) in [6.07, 6.45) is 0.763. The highest BCUT2D eigenvalue weighted by Gasteiger charge is 2.64. The normalized spacial score (nSPS) is 30.3. The van der Waals surface area contributed by atoms with Crippen LogP contribution in [-0.4, -0.2) is 24.6 Å². The van der Waals surface area contributed by atoms with Crippen LogP contribution >= 0.6 is 0 Å². The Kier molecular flexibility index (Phi) is 3.67. The van der Waals surface area contributed by atoms with Gasteiger partial charge in [-0.3, -0.25) is 9.59 Å². The minimum absolute atomic E-state index is 0.0400. The quantitative estimate of drug-likeness (QED) is 0.636. The fourth-order valence-electron chi connectivity index (χ4n) is 3.59. The first kappa shape index (κ1) is 15.0. The van der Waals surface area contributed by atoms with Crippen molar-refractivity contribution in [2.75, 3.05) is 6.61 Å². The van der Waals surface area contributed by atoms with Crippen LogP contribution in [-0.2, 0) is 19.1 Å². The lowest BCUT2D eigenvalue weighted by Gasteiger charge is -2.23. The average molecular weight is 306 g/mol. The van der Waals surface area contributed by atoms with Crippen LogP contribution in [0.1, 0.15) is 38.2 Å². The van der Waals surface area contributed by atoms with E-state index < -0.39 is 17.4 Å².